The van der Waals surface area contributed by atoms with Crippen LogP contribution in [0.4, 0.5) is 0 Å². The van der Waals surface area contributed by atoms with E-state index >= 15 is 0 Å². The molecule has 0 aromatic heterocycles. The average molecular weight is 283 g/mol. The Hall–Kier alpha value is -0.650. The van der Waals surface area contributed by atoms with Gasteiger partial charge in [-0.1, -0.05) is 26.2 Å². The molecule has 1 saturated carbocycles. The molecule has 0 bridgehead atoms. The SMILES string of the molecule is CCN1CCOC(CNC(=O)C2(CN)CCCCC2)C1. The third-order valence-electron chi connectivity index (χ3n) is 4.84. The molecule has 2 rings (SSSR count). The van der Waals surface area contributed by atoms with Crippen LogP contribution in [-0.2, 0) is 9.53 Å². The quantitative estimate of drug-likeness (QED) is 0.780. The fourth-order valence-electron chi connectivity index (χ4n) is 3.34. The van der Waals surface area contributed by atoms with Crippen LogP contribution in [0.3, 0.4) is 0 Å². The highest BCUT2D eigenvalue weighted by atomic mass is 16.5. The first-order valence-corrected chi connectivity index (χ1v) is 8.02. The Balaban J connectivity index is 1.81. The third kappa shape index (κ3) is 3.71. The van der Waals surface area contributed by atoms with E-state index in [1.54, 1.807) is 0 Å². The molecule has 0 aromatic carbocycles. The maximum atomic E-state index is 12.5. The van der Waals surface area contributed by atoms with E-state index in [9.17, 15) is 4.79 Å². The summed E-state index contributed by atoms with van der Waals surface area (Å²) in [7, 11) is 0. The van der Waals surface area contributed by atoms with E-state index in [1.165, 1.54) is 6.42 Å². The Labute approximate surface area is 122 Å². The van der Waals surface area contributed by atoms with Crippen molar-refractivity contribution in [2.24, 2.45) is 11.1 Å². The van der Waals surface area contributed by atoms with Gasteiger partial charge >= 0.3 is 0 Å². The summed E-state index contributed by atoms with van der Waals surface area (Å²) in [5, 5.41) is 3.09. The number of nitrogens with zero attached hydrogens (tertiary/aromatic N) is 1. The van der Waals surface area contributed by atoms with Crippen LogP contribution >= 0.6 is 0 Å². The lowest BCUT2D eigenvalue weighted by Crippen LogP contribution is -2.52. The number of nitrogens with two attached hydrogens (primary N) is 1. The van der Waals surface area contributed by atoms with Crippen molar-refractivity contribution in [3.8, 4) is 0 Å². The first kappa shape index (κ1) is 15.7. The second kappa shape index (κ2) is 7.38. The number of hydrogen-bond donors (Lipinski definition) is 2. The van der Waals surface area contributed by atoms with Gasteiger partial charge in [-0.15, -0.1) is 0 Å². The van der Waals surface area contributed by atoms with Crippen molar-refractivity contribution in [2.75, 3.05) is 39.3 Å². The van der Waals surface area contributed by atoms with Gasteiger partial charge in [-0.2, -0.15) is 0 Å². The summed E-state index contributed by atoms with van der Waals surface area (Å²) in [6.07, 6.45) is 5.45. The van der Waals surface area contributed by atoms with E-state index in [0.29, 0.717) is 13.1 Å². The lowest BCUT2D eigenvalue weighted by molar-refractivity contribution is -0.133. The molecule has 0 aromatic rings. The third-order valence-corrected chi connectivity index (χ3v) is 4.84. The minimum absolute atomic E-state index is 0.117. The van der Waals surface area contributed by atoms with Crippen LogP contribution in [0.5, 0.6) is 0 Å². The number of morpholine rings is 1. The lowest BCUT2D eigenvalue weighted by atomic mass is 9.73. The summed E-state index contributed by atoms with van der Waals surface area (Å²) < 4.78 is 5.73. The summed E-state index contributed by atoms with van der Waals surface area (Å²) in [4.78, 5) is 14.8. The summed E-state index contributed by atoms with van der Waals surface area (Å²) in [6.45, 7) is 6.94. The molecule has 1 aliphatic heterocycles. The Kier molecular flexibility index (Phi) is 5.81. The largest absolute Gasteiger partial charge is 0.374 e. The molecule has 1 saturated heterocycles. The molecule has 2 fully saturated rings. The number of likely N-dealkylation sites (N-methyl/N-ethyl adjacent to an activating group) is 1. The minimum atomic E-state index is -0.322. The zero-order valence-electron chi connectivity index (χ0n) is 12.7. The van der Waals surface area contributed by atoms with Gasteiger partial charge in [0.25, 0.3) is 0 Å². The zero-order chi connectivity index (χ0) is 14.4. The summed E-state index contributed by atoms with van der Waals surface area (Å²) >= 11 is 0. The van der Waals surface area contributed by atoms with Gasteiger partial charge in [0.15, 0.2) is 0 Å². The van der Waals surface area contributed by atoms with Gasteiger partial charge in [-0.05, 0) is 19.4 Å². The van der Waals surface area contributed by atoms with E-state index in [0.717, 1.165) is 51.9 Å². The van der Waals surface area contributed by atoms with Crippen LogP contribution in [0.1, 0.15) is 39.0 Å². The topological polar surface area (TPSA) is 67.6 Å². The van der Waals surface area contributed by atoms with Crippen molar-refractivity contribution >= 4 is 5.91 Å². The Morgan fingerprint density at radius 3 is 2.80 bits per heavy atom. The predicted octanol–water partition coefficient (Wildman–Crippen LogP) is 0.733. The number of ether oxygens (including phenoxy) is 1. The number of hydrogen-bond acceptors (Lipinski definition) is 4. The number of carbonyl (C=O) groups excluding carboxylic acids is 1. The number of nitrogens with one attached hydrogen (secondary N) is 1. The van der Waals surface area contributed by atoms with Crippen molar-refractivity contribution in [1.82, 2.24) is 10.2 Å². The van der Waals surface area contributed by atoms with Gasteiger partial charge in [-0.3, -0.25) is 9.69 Å². The van der Waals surface area contributed by atoms with Crippen LogP contribution in [0, 0.1) is 5.41 Å². The Bertz CT molecular complexity index is 316. The standard InChI is InChI=1S/C15H29N3O2/c1-2-18-8-9-20-13(11-18)10-17-14(19)15(12-16)6-4-3-5-7-15/h13H,2-12,16H2,1H3,(H,17,19). The van der Waals surface area contributed by atoms with Crippen molar-refractivity contribution in [1.29, 1.82) is 0 Å². The maximum absolute atomic E-state index is 12.5. The van der Waals surface area contributed by atoms with E-state index in [2.05, 4.69) is 17.1 Å². The molecule has 2 aliphatic rings. The average Bonchev–Trinajstić information content (AvgIpc) is 2.53. The van der Waals surface area contributed by atoms with Crippen molar-refractivity contribution < 1.29 is 9.53 Å². The van der Waals surface area contributed by atoms with Crippen LogP contribution in [0.2, 0.25) is 0 Å². The van der Waals surface area contributed by atoms with Gasteiger partial charge in [-0.25, -0.2) is 0 Å². The molecule has 5 nitrogen and oxygen atoms in total. The van der Waals surface area contributed by atoms with Gasteiger partial charge in [0.05, 0.1) is 18.1 Å². The van der Waals surface area contributed by atoms with Crippen LogP contribution in [0.15, 0.2) is 0 Å². The first-order valence-electron chi connectivity index (χ1n) is 8.02. The van der Waals surface area contributed by atoms with E-state index in [1.807, 2.05) is 0 Å². The molecule has 1 amide bonds. The Morgan fingerprint density at radius 2 is 2.15 bits per heavy atom. The van der Waals surface area contributed by atoms with E-state index in [4.69, 9.17) is 10.5 Å². The predicted molar refractivity (Wildman–Crippen MR) is 79.4 cm³/mol. The number of rotatable bonds is 5. The van der Waals surface area contributed by atoms with E-state index < -0.39 is 0 Å². The van der Waals surface area contributed by atoms with Gasteiger partial charge in [0.2, 0.25) is 5.91 Å². The molecule has 0 radical (unpaired) electrons. The van der Waals surface area contributed by atoms with Crippen molar-refractivity contribution in [2.45, 2.75) is 45.1 Å². The highest BCUT2D eigenvalue weighted by Crippen LogP contribution is 2.35. The summed E-state index contributed by atoms with van der Waals surface area (Å²) in [6, 6.07) is 0. The fourth-order valence-corrected chi connectivity index (χ4v) is 3.34. The smallest absolute Gasteiger partial charge is 0.227 e. The molecule has 1 aliphatic carbocycles. The molecular weight excluding hydrogens is 254 g/mol. The van der Waals surface area contributed by atoms with Gasteiger partial charge in [0, 0.05) is 26.2 Å². The highest BCUT2D eigenvalue weighted by molar-refractivity contribution is 5.83. The molecule has 1 heterocycles. The summed E-state index contributed by atoms with van der Waals surface area (Å²) in [5.41, 5.74) is 5.57. The van der Waals surface area contributed by atoms with Crippen LogP contribution < -0.4 is 11.1 Å². The molecule has 116 valence electrons. The summed E-state index contributed by atoms with van der Waals surface area (Å²) in [5.74, 6) is 0.136. The normalized spacial score (nSPS) is 27.2. The molecule has 5 heteroatoms. The second-order valence-corrected chi connectivity index (χ2v) is 6.14. The molecular formula is C15H29N3O2. The van der Waals surface area contributed by atoms with Crippen LogP contribution in [0.25, 0.3) is 0 Å². The molecule has 20 heavy (non-hydrogen) atoms. The molecule has 1 atom stereocenters. The van der Waals surface area contributed by atoms with Gasteiger partial charge < -0.3 is 15.8 Å². The highest BCUT2D eigenvalue weighted by Gasteiger charge is 2.38. The minimum Gasteiger partial charge on any atom is -0.374 e. The van der Waals surface area contributed by atoms with Gasteiger partial charge in [0.1, 0.15) is 0 Å². The van der Waals surface area contributed by atoms with E-state index in [-0.39, 0.29) is 17.4 Å². The van der Waals surface area contributed by atoms with Crippen molar-refractivity contribution in [3.63, 3.8) is 0 Å². The lowest BCUT2D eigenvalue weighted by Gasteiger charge is -2.36. The molecule has 1 unspecified atom stereocenters. The monoisotopic (exact) mass is 283 g/mol. The Morgan fingerprint density at radius 1 is 1.40 bits per heavy atom. The second-order valence-electron chi connectivity index (χ2n) is 6.14. The molecule has 3 N–H and O–H groups in total. The zero-order valence-corrected chi connectivity index (χ0v) is 12.7. The first-order chi connectivity index (χ1) is 9.70. The van der Waals surface area contributed by atoms with Crippen molar-refractivity contribution in [3.05, 3.63) is 0 Å². The molecule has 0 spiro atoms. The van der Waals surface area contributed by atoms with Crippen LogP contribution in [-0.4, -0.2) is 56.2 Å². The fraction of sp³-hybridized carbons (Fsp3) is 0.933. The maximum Gasteiger partial charge on any atom is 0.227 e. The number of carbonyl (C=O) groups is 1. The number of amides is 1.